The van der Waals surface area contributed by atoms with Gasteiger partial charge in [0.15, 0.2) is 9.75 Å². The molecule has 2 saturated heterocycles. The third-order valence-electron chi connectivity index (χ3n) is 8.63. The Morgan fingerprint density at radius 3 is 2.30 bits per heavy atom. The van der Waals surface area contributed by atoms with Crippen LogP contribution in [0.25, 0.3) is 0 Å². The number of allylic oxidation sites excluding steroid dienone is 2. The topological polar surface area (TPSA) is 138 Å². The molecule has 2 aliphatic heterocycles. The van der Waals surface area contributed by atoms with E-state index in [0.29, 0.717) is 11.1 Å². The number of carbonyl (C=O) groups is 4. The van der Waals surface area contributed by atoms with Gasteiger partial charge in [-0.15, -0.1) is 23.2 Å². The Bertz CT molecular complexity index is 1580. The molecule has 10 nitrogen and oxygen atoms in total. The summed E-state index contributed by atoms with van der Waals surface area (Å²) in [4.78, 5) is 62.9. The number of hydrogen-bond acceptors (Lipinski definition) is 7. The number of nitro groups is 1. The fourth-order valence-corrected chi connectivity index (χ4v) is 8.11. The number of amides is 4. The zero-order valence-electron chi connectivity index (χ0n) is 20.7. The minimum atomic E-state index is -1.99. The molecule has 0 bridgehead atoms. The predicted octanol–water partition coefficient (Wildman–Crippen LogP) is 4.15. The molecule has 4 amide bonds. The highest BCUT2D eigenvalue weighted by Gasteiger charge is 2.76. The number of benzene rings is 2. The molecule has 206 valence electrons. The van der Waals surface area contributed by atoms with Crippen LogP contribution in [0.1, 0.15) is 24.3 Å². The second-order valence-electron chi connectivity index (χ2n) is 10.5. The Hall–Kier alpha value is -3.47. The largest absolute Gasteiger partial charge is 0.508 e. The van der Waals surface area contributed by atoms with Gasteiger partial charge in [0.2, 0.25) is 11.8 Å². The summed E-state index contributed by atoms with van der Waals surface area (Å²) in [5.41, 5.74) is 0.892. The van der Waals surface area contributed by atoms with E-state index >= 15 is 0 Å². The van der Waals surface area contributed by atoms with Crippen molar-refractivity contribution in [3.05, 3.63) is 74.8 Å². The van der Waals surface area contributed by atoms with Crippen molar-refractivity contribution < 1.29 is 29.2 Å². The van der Waals surface area contributed by atoms with Gasteiger partial charge in [-0.25, -0.2) is 0 Å². The second-order valence-corrected chi connectivity index (χ2v) is 12.1. The number of imide groups is 2. The van der Waals surface area contributed by atoms with Gasteiger partial charge in [-0.2, -0.15) is 0 Å². The van der Waals surface area contributed by atoms with E-state index < -0.39 is 62.0 Å². The van der Waals surface area contributed by atoms with E-state index in [1.165, 1.54) is 49.5 Å². The van der Waals surface area contributed by atoms with Crippen LogP contribution >= 0.6 is 34.8 Å². The maximum Gasteiger partial charge on any atom is 0.269 e. The smallest absolute Gasteiger partial charge is 0.269 e. The monoisotopic (exact) mass is 603 g/mol. The van der Waals surface area contributed by atoms with Crippen LogP contribution in [0.3, 0.4) is 0 Å². The SMILES string of the molecule is CN1C(=O)[C@]2(Cl)C[C@@H]3C(=CC[C@@H]4C(=O)N(c5ccc([N+](=O)[O-])cc5)C(=O)[C@@H]43)[C@H](c3ccc(O)cc3Cl)[C@]2(Cl)C1=O. The Morgan fingerprint density at radius 1 is 1.00 bits per heavy atom. The van der Waals surface area contributed by atoms with Crippen LogP contribution in [0.4, 0.5) is 11.4 Å². The Labute approximate surface area is 242 Å². The van der Waals surface area contributed by atoms with E-state index in [1.54, 1.807) is 6.08 Å². The molecule has 2 aliphatic carbocycles. The molecule has 13 heteroatoms. The lowest BCUT2D eigenvalue weighted by atomic mass is 9.56. The van der Waals surface area contributed by atoms with Gasteiger partial charge in [-0.1, -0.05) is 29.3 Å². The molecule has 0 aromatic heterocycles. The summed E-state index contributed by atoms with van der Waals surface area (Å²) < 4.78 is 0. The molecule has 4 aliphatic rings. The number of alkyl halides is 2. The number of carbonyl (C=O) groups excluding carboxylic acids is 4. The molecular weight excluding hydrogens is 585 g/mol. The van der Waals surface area contributed by atoms with Crippen molar-refractivity contribution in [3.8, 4) is 5.75 Å². The first-order valence-electron chi connectivity index (χ1n) is 12.3. The Kier molecular flexibility index (Phi) is 5.86. The van der Waals surface area contributed by atoms with Gasteiger partial charge in [0.05, 0.1) is 22.4 Å². The van der Waals surface area contributed by atoms with E-state index in [9.17, 15) is 34.4 Å². The van der Waals surface area contributed by atoms with Crippen LogP contribution < -0.4 is 4.90 Å². The van der Waals surface area contributed by atoms with Gasteiger partial charge in [-0.3, -0.25) is 39.1 Å². The number of nitro benzene ring substituents is 1. The number of hydrogen-bond donors (Lipinski definition) is 1. The molecule has 0 spiro atoms. The summed E-state index contributed by atoms with van der Waals surface area (Å²) in [6.07, 6.45) is 1.73. The van der Waals surface area contributed by atoms with Gasteiger partial charge < -0.3 is 5.11 Å². The lowest BCUT2D eigenvalue weighted by Gasteiger charge is -2.51. The van der Waals surface area contributed by atoms with Gasteiger partial charge in [0.1, 0.15) is 5.75 Å². The van der Waals surface area contributed by atoms with Crippen LogP contribution in [0.15, 0.2) is 54.1 Å². The highest BCUT2D eigenvalue weighted by molar-refractivity contribution is 6.53. The van der Waals surface area contributed by atoms with E-state index in [2.05, 4.69) is 0 Å². The van der Waals surface area contributed by atoms with Crippen LogP contribution in [-0.2, 0) is 19.2 Å². The first-order valence-corrected chi connectivity index (χ1v) is 13.5. The third kappa shape index (κ3) is 3.30. The minimum absolute atomic E-state index is 0.0869. The van der Waals surface area contributed by atoms with Gasteiger partial charge in [0.25, 0.3) is 17.5 Å². The first kappa shape index (κ1) is 26.7. The van der Waals surface area contributed by atoms with Crippen LogP contribution in [-0.4, -0.2) is 55.4 Å². The lowest BCUT2D eigenvalue weighted by Crippen LogP contribution is -2.60. The summed E-state index contributed by atoms with van der Waals surface area (Å²) in [6.45, 7) is 0. The molecule has 2 aromatic rings. The van der Waals surface area contributed by atoms with Gasteiger partial charge in [0, 0.05) is 30.1 Å². The van der Waals surface area contributed by atoms with Gasteiger partial charge >= 0.3 is 0 Å². The van der Waals surface area contributed by atoms with E-state index in [0.717, 1.165) is 9.80 Å². The highest BCUT2D eigenvalue weighted by atomic mass is 35.5. The van der Waals surface area contributed by atoms with Crippen LogP contribution in [0.5, 0.6) is 5.75 Å². The molecule has 0 unspecified atom stereocenters. The average molecular weight is 605 g/mol. The average Bonchev–Trinajstić information content (AvgIpc) is 3.24. The predicted molar refractivity (Wildman–Crippen MR) is 144 cm³/mol. The number of non-ortho nitro benzene ring substituents is 1. The van der Waals surface area contributed by atoms with Gasteiger partial charge in [-0.05, 0) is 48.6 Å². The Balaban J connectivity index is 1.49. The fourth-order valence-electron chi connectivity index (χ4n) is 6.82. The maximum absolute atomic E-state index is 13.9. The summed E-state index contributed by atoms with van der Waals surface area (Å²) in [7, 11) is 1.29. The van der Waals surface area contributed by atoms with Crippen molar-refractivity contribution in [1.82, 2.24) is 4.90 Å². The number of anilines is 1. The number of aromatic hydroxyl groups is 1. The number of rotatable bonds is 3. The zero-order valence-corrected chi connectivity index (χ0v) is 23.0. The van der Waals surface area contributed by atoms with Crippen molar-refractivity contribution >= 4 is 69.8 Å². The fraction of sp³-hybridized carbons (Fsp3) is 0.333. The number of phenols is 1. The number of nitrogens with zero attached hydrogens (tertiary/aromatic N) is 3. The third-order valence-corrected chi connectivity index (χ3v) is 10.4. The number of phenolic OH excluding ortho intramolecular Hbond substituents is 1. The highest BCUT2D eigenvalue weighted by Crippen LogP contribution is 2.66. The van der Waals surface area contributed by atoms with E-state index in [4.69, 9.17) is 34.8 Å². The summed E-state index contributed by atoms with van der Waals surface area (Å²) in [5.74, 6) is -6.07. The normalized spacial score (nSPS) is 33.0. The molecule has 0 radical (unpaired) electrons. The van der Waals surface area contributed by atoms with Crippen molar-refractivity contribution in [1.29, 1.82) is 0 Å². The number of fused-ring (bicyclic) bond motifs is 4. The summed E-state index contributed by atoms with van der Waals surface area (Å²) in [5, 5.41) is 21.1. The van der Waals surface area contributed by atoms with Crippen LogP contribution in [0, 0.1) is 27.9 Å². The van der Waals surface area contributed by atoms with E-state index in [1.807, 2.05) is 0 Å². The lowest BCUT2D eigenvalue weighted by molar-refractivity contribution is -0.384. The van der Waals surface area contributed by atoms with Crippen LogP contribution in [0.2, 0.25) is 5.02 Å². The number of halogens is 3. The molecular formula is C27H20Cl3N3O7. The molecule has 6 rings (SSSR count). The molecule has 2 heterocycles. The molecule has 6 atom stereocenters. The van der Waals surface area contributed by atoms with Crippen molar-refractivity contribution in [3.63, 3.8) is 0 Å². The second kappa shape index (κ2) is 8.76. The van der Waals surface area contributed by atoms with Crippen molar-refractivity contribution in [2.75, 3.05) is 11.9 Å². The Morgan fingerprint density at radius 2 is 1.68 bits per heavy atom. The summed E-state index contributed by atoms with van der Waals surface area (Å²) >= 11 is 20.7. The minimum Gasteiger partial charge on any atom is -0.508 e. The molecule has 40 heavy (non-hydrogen) atoms. The van der Waals surface area contributed by atoms with Crippen molar-refractivity contribution in [2.24, 2.45) is 17.8 Å². The standard InChI is InChI=1S/C27H20Cl3N3O7/c1-31-24(37)26(29)11-18-15(21(27(26,30)25(31)38)16-7-6-14(34)10-19(16)28)8-9-17-20(18)23(36)32(22(17)35)12-2-4-13(5-3-12)33(39)40/h2-8,10,17-18,20-21,34H,9,11H2,1H3/t17-,18+,20-,21+,26+,27-/m0/s1. The number of likely N-dealkylation sites (tertiary alicyclic amines) is 1. The van der Waals surface area contributed by atoms with Crippen molar-refractivity contribution in [2.45, 2.75) is 28.5 Å². The first-order chi connectivity index (χ1) is 18.8. The quantitative estimate of drug-likeness (QED) is 0.183. The zero-order chi connectivity index (χ0) is 28.9. The van der Waals surface area contributed by atoms with E-state index in [-0.39, 0.29) is 35.0 Å². The molecule has 1 N–H and O–H groups in total. The maximum atomic E-state index is 13.9. The molecule has 3 fully saturated rings. The summed E-state index contributed by atoms with van der Waals surface area (Å²) in [6, 6.07) is 9.24. The molecule has 1 saturated carbocycles. The molecule has 2 aromatic carbocycles.